The number of carbonyl (C=O) groups is 2. The van der Waals surface area contributed by atoms with Gasteiger partial charge in [-0.1, -0.05) is 13.3 Å². The minimum absolute atomic E-state index is 0.0233. The van der Waals surface area contributed by atoms with Crippen LogP contribution in [0.5, 0.6) is 0 Å². The Morgan fingerprint density at radius 3 is 2.57 bits per heavy atom. The molecule has 7 nitrogen and oxygen atoms in total. The number of benzene rings is 1. The molecule has 0 aliphatic heterocycles. The molecule has 0 saturated heterocycles. The van der Waals surface area contributed by atoms with Gasteiger partial charge in [0, 0.05) is 31.3 Å². The number of hydrogen-bond acceptors (Lipinski definition) is 5. The Morgan fingerprint density at radius 1 is 1.29 bits per heavy atom. The number of rotatable bonds is 10. The van der Waals surface area contributed by atoms with E-state index in [-0.39, 0.29) is 41.3 Å². The third-order valence-corrected chi connectivity index (χ3v) is 4.13. The van der Waals surface area contributed by atoms with Crippen LogP contribution in [0, 0.1) is 23.6 Å². The lowest BCUT2D eigenvalue weighted by molar-refractivity contribution is -0.122. The van der Waals surface area contributed by atoms with Crippen LogP contribution < -0.4 is 5.32 Å². The lowest BCUT2D eigenvalue weighted by Crippen LogP contribution is -2.32. The van der Waals surface area contributed by atoms with Crippen LogP contribution in [-0.2, 0) is 4.79 Å². The molecule has 0 atom stereocenters. The minimum atomic E-state index is -0.643. The molecule has 4 N–H and O–H groups in total. The summed E-state index contributed by atoms with van der Waals surface area (Å²) in [7, 11) is 1.61. The third kappa shape index (κ3) is 6.38. The van der Waals surface area contributed by atoms with E-state index in [0.717, 1.165) is 18.9 Å². The summed E-state index contributed by atoms with van der Waals surface area (Å²) < 4.78 is 14.2. The van der Waals surface area contributed by atoms with Crippen LogP contribution in [0.25, 0.3) is 0 Å². The van der Waals surface area contributed by atoms with Crippen molar-refractivity contribution in [2.75, 3.05) is 26.7 Å². The van der Waals surface area contributed by atoms with Crippen molar-refractivity contribution in [3.8, 4) is 0 Å². The number of hydrogen-bond donors (Lipinski definition) is 4. The maximum atomic E-state index is 14.2. The van der Waals surface area contributed by atoms with E-state index in [0.29, 0.717) is 6.54 Å². The smallest absolute Gasteiger partial charge is 0.271 e. The van der Waals surface area contributed by atoms with Gasteiger partial charge < -0.3 is 20.7 Å². The number of unbranched alkanes of at least 4 members (excludes halogenated alkanes) is 1. The number of nitrogens with one attached hydrogen (secondary N) is 3. The molecule has 0 heterocycles. The van der Waals surface area contributed by atoms with Crippen LogP contribution >= 0.6 is 0 Å². The van der Waals surface area contributed by atoms with Gasteiger partial charge in [0.25, 0.3) is 11.8 Å². The first-order valence-corrected chi connectivity index (χ1v) is 9.03. The van der Waals surface area contributed by atoms with Gasteiger partial charge >= 0.3 is 0 Å². The second-order valence-corrected chi connectivity index (χ2v) is 6.35. The van der Waals surface area contributed by atoms with Crippen molar-refractivity contribution in [2.24, 2.45) is 0 Å². The summed E-state index contributed by atoms with van der Waals surface area (Å²) in [5.41, 5.74) is -0.00768. The molecule has 0 saturated carbocycles. The number of carbonyl (C=O) groups excluding carboxylic acids is 2. The third-order valence-electron chi connectivity index (χ3n) is 4.13. The van der Waals surface area contributed by atoms with Gasteiger partial charge in [-0.2, -0.15) is 0 Å². The van der Waals surface area contributed by atoms with Gasteiger partial charge in [-0.25, -0.2) is 4.39 Å². The molecule has 152 valence electrons. The zero-order valence-electron chi connectivity index (χ0n) is 16.4. The largest absolute Gasteiger partial charge is 0.395 e. The zero-order chi connectivity index (χ0) is 21.3. The molecule has 1 aromatic carbocycles. The highest BCUT2D eigenvalue weighted by Crippen LogP contribution is 2.17. The molecule has 0 bridgehead atoms. The maximum Gasteiger partial charge on any atom is 0.271 e. The van der Waals surface area contributed by atoms with Gasteiger partial charge in [0.1, 0.15) is 11.5 Å². The summed E-state index contributed by atoms with van der Waals surface area (Å²) in [5.74, 6) is -1.67. The predicted octanol–water partition coefficient (Wildman–Crippen LogP) is 2.06. The number of amides is 2. The molecule has 0 fully saturated rings. The van der Waals surface area contributed by atoms with Gasteiger partial charge in [-0.15, -0.1) is 0 Å². The molecule has 0 unspecified atom stereocenters. The number of aliphatic hydroxyl groups is 1. The van der Waals surface area contributed by atoms with Crippen LogP contribution in [0.15, 0.2) is 24.3 Å². The summed E-state index contributed by atoms with van der Waals surface area (Å²) in [6, 6.07) is 2.44. The van der Waals surface area contributed by atoms with Crippen molar-refractivity contribution in [3.05, 3.63) is 46.8 Å². The molecular formula is C20H27FN4O3. The average molecular weight is 390 g/mol. The highest BCUT2D eigenvalue weighted by atomic mass is 19.1. The van der Waals surface area contributed by atoms with E-state index in [1.165, 1.54) is 30.0 Å². The summed E-state index contributed by atoms with van der Waals surface area (Å²) in [6.45, 7) is 3.82. The number of allylic oxidation sites excluding steroid dienone is 1. The summed E-state index contributed by atoms with van der Waals surface area (Å²) in [5, 5.41) is 27.2. The Bertz CT molecular complexity index is 790. The molecule has 28 heavy (non-hydrogen) atoms. The topological polar surface area (TPSA) is 117 Å². The normalized spacial score (nSPS) is 10.8. The second-order valence-electron chi connectivity index (χ2n) is 6.35. The monoisotopic (exact) mass is 390 g/mol. The number of halogens is 1. The molecule has 1 aromatic rings. The van der Waals surface area contributed by atoms with Crippen LogP contribution in [0.1, 0.15) is 41.3 Å². The molecule has 0 spiro atoms. The average Bonchev–Trinajstić information content (AvgIpc) is 2.69. The Balaban J connectivity index is 2.97. The van der Waals surface area contributed by atoms with E-state index in [2.05, 4.69) is 5.32 Å². The van der Waals surface area contributed by atoms with E-state index in [1.54, 1.807) is 7.05 Å². The van der Waals surface area contributed by atoms with Crippen LogP contribution in [-0.4, -0.2) is 60.0 Å². The van der Waals surface area contributed by atoms with Gasteiger partial charge in [-0.05, 0) is 43.2 Å². The van der Waals surface area contributed by atoms with E-state index in [1.807, 2.05) is 6.92 Å². The molecule has 2 amide bonds. The van der Waals surface area contributed by atoms with Crippen molar-refractivity contribution < 1.29 is 19.1 Å². The van der Waals surface area contributed by atoms with E-state index in [9.17, 15) is 14.0 Å². The van der Waals surface area contributed by atoms with Gasteiger partial charge in [0.2, 0.25) is 0 Å². The first-order valence-electron chi connectivity index (χ1n) is 9.03. The summed E-state index contributed by atoms with van der Waals surface area (Å²) in [6.07, 6.45) is 4.20. The first-order chi connectivity index (χ1) is 13.2. The van der Waals surface area contributed by atoms with Crippen molar-refractivity contribution in [1.29, 1.82) is 10.8 Å². The molecule has 0 aromatic heterocycles. The van der Waals surface area contributed by atoms with E-state index < -0.39 is 17.6 Å². The standard InChI is InChI=1S/C20H27FN4O3/c1-4-5-9-25(3)20(28)18(23)7-6-17(22)15-11-14(12-16(21)13(15)2)19(27)24-8-10-26/h6-7,11-12,22-23,26H,4-5,8-10H2,1-3H3,(H,24,27)/b7-6-,22-17?,23-18?. The fraction of sp³-hybridized carbons (Fsp3) is 0.400. The van der Waals surface area contributed by atoms with Crippen molar-refractivity contribution in [2.45, 2.75) is 26.7 Å². The Kier molecular flexibility index (Phi) is 9.17. The quantitative estimate of drug-likeness (QED) is 0.458. The zero-order valence-corrected chi connectivity index (χ0v) is 16.4. The fourth-order valence-electron chi connectivity index (χ4n) is 2.39. The first kappa shape index (κ1) is 23.2. The molecule has 0 radical (unpaired) electrons. The Labute approximate surface area is 164 Å². The molecule has 0 aliphatic rings. The predicted molar refractivity (Wildman–Crippen MR) is 107 cm³/mol. The lowest BCUT2D eigenvalue weighted by atomic mass is 9.99. The minimum Gasteiger partial charge on any atom is -0.395 e. The van der Waals surface area contributed by atoms with Crippen molar-refractivity contribution >= 4 is 23.2 Å². The highest BCUT2D eigenvalue weighted by Gasteiger charge is 2.15. The Morgan fingerprint density at radius 2 is 1.96 bits per heavy atom. The molecular weight excluding hydrogens is 363 g/mol. The lowest BCUT2D eigenvalue weighted by Gasteiger charge is -2.15. The number of nitrogens with zero attached hydrogens (tertiary/aromatic N) is 1. The highest BCUT2D eigenvalue weighted by molar-refractivity contribution is 6.42. The van der Waals surface area contributed by atoms with Gasteiger partial charge in [0.05, 0.1) is 12.3 Å². The summed E-state index contributed by atoms with van der Waals surface area (Å²) in [4.78, 5) is 25.5. The van der Waals surface area contributed by atoms with Crippen LogP contribution in [0.4, 0.5) is 4.39 Å². The Hall–Kier alpha value is -2.87. The summed E-state index contributed by atoms with van der Waals surface area (Å²) >= 11 is 0. The van der Waals surface area contributed by atoms with E-state index in [4.69, 9.17) is 15.9 Å². The molecule has 1 rings (SSSR count). The molecule has 8 heteroatoms. The molecule has 0 aliphatic carbocycles. The second kappa shape index (κ2) is 11.1. The van der Waals surface area contributed by atoms with Crippen LogP contribution in [0.2, 0.25) is 0 Å². The SMILES string of the molecule is CCCCN(C)C(=O)C(=N)/C=C\C(=N)c1cc(C(=O)NCCO)cc(F)c1C. The van der Waals surface area contributed by atoms with E-state index >= 15 is 0 Å². The fourth-order valence-corrected chi connectivity index (χ4v) is 2.39. The van der Waals surface area contributed by atoms with Crippen LogP contribution in [0.3, 0.4) is 0 Å². The van der Waals surface area contributed by atoms with Crippen molar-refractivity contribution in [1.82, 2.24) is 10.2 Å². The maximum absolute atomic E-state index is 14.2. The number of aliphatic hydroxyl groups excluding tert-OH is 1. The van der Waals surface area contributed by atoms with Crippen molar-refractivity contribution in [3.63, 3.8) is 0 Å². The van der Waals surface area contributed by atoms with Gasteiger partial charge in [-0.3, -0.25) is 15.0 Å². The van der Waals surface area contributed by atoms with Gasteiger partial charge in [0.15, 0.2) is 0 Å².